The Morgan fingerprint density at radius 3 is 2.45 bits per heavy atom. The molecule has 0 unspecified atom stereocenters. The van der Waals surface area contributed by atoms with E-state index in [9.17, 15) is 0 Å². The van der Waals surface area contributed by atoms with E-state index in [1.807, 2.05) is 48.5 Å². The first kappa shape index (κ1) is 20.2. The lowest BCUT2D eigenvalue weighted by Gasteiger charge is -2.26. The van der Waals surface area contributed by atoms with E-state index in [0.717, 1.165) is 77.0 Å². The second kappa shape index (κ2) is 9.59. The van der Waals surface area contributed by atoms with Gasteiger partial charge in [0.2, 0.25) is 0 Å². The number of aromatic nitrogens is 1. The predicted molar refractivity (Wildman–Crippen MR) is 120 cm³/mol. The maximum Gasteiger partial charge on any atom is 0.183 e. The second-order valence-electron chi connectivity index (χ2n) is 6.81. The standard InChI is InChI=1S/C22H24ClN3O2S/c1-27-19-8-4-16(5-9-19)20-21(17-2-6-18(23)7-3-17)29-22(25-20)24-10-11-26-12-14-28-15-13-26/h2-9H,10-15H2,1H3,(H,24,25). The van der Waals surface area contributed by atoms with Gasteiger partial charge in [-0.2, -0.15) is 0 Å². The van der Waals surface area contributed by atoms with Crippen molar-refractivity contribution in [3.8, 4) is 27.4 Å². The van der Waals surface area contributed by atoms with Crippen molar-refractivity contribution in [1.29, 1.82) is 0 Å². The lowest BCUT2D eigenvalue weighted by atomic mass is 10.1. The Labute approximate surface area is 180 Å². The first-order valence-electron chi connectivity index (χ1n) is 9.68. The number of nitrogens with one attached hydrogen (secondary N) is 1. The van der Waals surface area contributed by atoms with Crippen LogP contribution in [0.5, 0.6) is 5.75 Å². The largest absolute Gasteiger partial charge is 0.497 e. The first-order valence-corrected chi connectivity index (χ1v) is 10.9. The molecule has 0 atom stereocenters. The van der Waals surface area contributed by atoms with Gasteiger partial charge in [-0.3, -0.25) is 4.90 Å². The van der Waals surface area contributed by atoms with Crippen molar-refractivity contribution in [2.24, 2.45) is 0 Å². The van der Waals surface area contributed by atoms with Crippen molar-refractivity contribution in [2.75, 3.05) is 51.8 Å². The van der Waals surface area contributed by atoms with Crippen molar-refractivity contribution in [2.45, 2.75) is 0 Å². The number of nitrogens with zero attached hydrogens (tertiary/aromatic N) is 2. The summed E-state index contributed by atoms with van der Waals surface area (Å²) in [5.74, 6) is 0.834. The van der Waals surface area contributed by atoms with Gasteiger partial charge in [0.1, 0.15) is 5.75 Å². The predicted octanol–water partition coefficient (Wildman–Crippen LogP) is 4.88. The Morgan fingerprint density at radius 1 is 1.07 bits per heavy atom. The van der Waals surface area contributed by atoms with Gasteiger partial charge in [-0.1, -0.05) is 35.1 Å². The van der Waals surface area contributed by atoms with Crippen LogP contribution in [-0.4, -0.2) is 56.4 Å². The molecule has 152 valence electrons. The summed E-state index contributed by atoms with van der Waals surface area (Å²) in [5.41, 5.74) is 3.14. The monoisotopic (exact) mass is 429 g/mol. The average molecular weight is 430 g/mol. The molecular formula is C22H24ClN3O2S. The molecule has 4 rings (SSSR count). The lowest BCUT2D eigenvalue weighted by Crippen LogP contribution is -2.38. The van der Waals surface area contributed by atoms with Crippen molar-refractivity contribution in [3.05, 3.63) is 53.6 Å². The maximum absolute atomic E-state index is 6.08. The SMILES string of the molecule is COc1ccc(-c2nc(NCCN3CCOCC3)sc2-c2ccc(Cl)cc2)cc1. The van der Waals surface area contributed by atoms with Crippen LogP contribution in [0.15, 0.2) is 48.5 Å². The summed E-state index contributed by atoms with van der Waals surface area (Å²) in [6.07, 6.45) is 0. The number of methoxy groups -OCH3 is 1. The molecule has 1 saturated heterocycles. The van der Waals surface area contributed by atoms with E-state index in [-0.39, 0.29) is 0 Å². The number of hydrogen-bond acceptors (Lipinski definition) is 6. The molecule has 0 spiro atoms. The van der Waals surface area contributed by atoms with Crippen LogP contribution in [0.4, 0.5) is 5.13 Å². The molecule has 1 aromatic heterocycles. The zero-order valence-electron chi connectivity index (χ0n) is 16.4. The van der Waals surface area contributed by atoms with Crippen molar-refractivity contribution in [3.63, 3.8) is 0 Å². The number of benzene rings is 2. The Bertz CT molecular complexity index is 922. The molecule has 1 aliphatic heterocycles. The molecular weight excluding hydrogens is 406 g/mol. The van der Waals surface area contributed by atoms with Crippen LogP contribution in [0.25, 0.3) is 21.7 Å². The number of hydrogen-bond donors (Lipinski definition) is 1. The molecule has 0 saturated carbocycles. The molecule has 0 aliphatic carbocycles. The smallest absolute Gasteiger partial charge is 0.183 e. The number of anilines is 1. The van der Waals surface area contributed by atoms with Gasteiger partial charge in [0.05, 0.1) is 30.9 Å². The fourth-order valence-electron chi connectivity index (χ4n) is 3.28. The van der Waals surface area contributed by atoms with Gasteiger partial charge < -0.3 is 14.8 Å². The van der Waals surface area contributed by atoms with Gasteiger partial charge in [-0.25, -0.2) is 4.98 Å². The normalized spacial score (nSPS) is 14.7. The zero-order chi connectivity index (χ0) is 20.1. The van der Waals surface area contributed by atoms with E-state index < -0.39 is 0 Å². The third-order valence-electron chi connectivity index (χ3n) is 4.90. The Hall–Kier alpha value is -2.12. The number of rotatable bonds is 7. The molecule has 29 heavy (non-hydrogen) atoms. The molecule has 0 amide bonds. The van der Waals surface area contributed by atoms with Crippen LogP contribution in [0.1, 0.15) is 0 Å². The Balaban J connectivity index is 1.56. The molecule has 1 aliphatic rings. The van der Waals surface area contributed by atoms with Crippen molar-refractivity contribution in [1.82, 2.24) is 9.88 Å². The van der Waals surface area contributed by atoms with Crippen molar-refractivity contribution >= 4 is 28.1 Å². The zero-order valence-corrected chi connectivity index (χ0v) is 17.9. The number of morpholine rings is 1. The number of halogens is 1. The number of ether oxygens (including phenoxy) is 2. The molecule has 0 bridgehead atoms. The Morgan fingerprint density at radius 2 is 1.76 bits per heavy atom. The van der Waals surface area contributed by atoms with Crippen LogP contribution in [0.2, 0.25) is 5.02 Å². The lowest BCUT2D eigenvalue weighted by molar-refractivity contribution is 0.0398. The highest BCUT2D eigenvalue weighted by Crippen LogP contribution is 2.39. The van der Waals surface area contributed by atoms with E-state index in [1.54, 1.807) is 18.4 Å². The minimum Gasteiger partial charge on any atom is -0.497 e. The summed E-state index contributed by atoms with van der Waals surface area (Å²) in [6.45, 7) is 5.46. The molecule has 5 nitrogen and oxygen atoms in total. The van der Waals surface area contributed by atoms with Gasteiger partial charge in [0.25, 0.3) is 0 Å². The van der Waals surface area contributed by atoms with E-state index in [0.29, 0.717) is 0 Å². The minimum atomic E-state index is 0.730. The second-order valence-corrected chi connectivity index (χ2v) is 8.25. The fraction of sp³-hybridized carbons (Fsp3) is 0.318. The van der Waals surface area contributed by atoms with E-state index >= 15 is 0 Å². The molecule has 3 aromatic rings. The third-order valence-corrected chi connectivity index (χ3v) is 6.22. The van der Waals surface area contributed by atoms with Crippen LogP contribution in [-0.2, 0) is 4.74 Å². The summed E-state index contributed by atoms with van der Waals surface area (Å²) < 4.78 is 10.7. The summed E-state index contributed by atoms with van der Waals surface area (Å²) in [5, 5.41) is 5.16. The molecule has 7 heteroatoms. The minimum absolute atomic E-state index is 0.730. The molecule has 2 aromatic carbocycles. The molecule has 1 N–H and O–H groups in total. The van der Waals surface area contributed by atoms with Crippen LogP contribution in [0, 0.1) is 0 Å². The van der Waals surface area contributed by atoms with Crippen LogP contribution >= 0.6 is 22.9 Å². The third kappa shape index (κ3) is 5.08. The van der Waals surface area contributed by atoms with E-state index in [2.05, 4.69) is 10.2 Å². The van der Waals surface area contributed by atoms with Crippen LogP contribution < -0.4 is 10.1 Å². The van der Waals surface area contributed by atoms with Gasteiger partial charge in [0.15, 0.2) is 5.13 Å². The van der Waals surface area contributed by atoms with E-state index in [1.165, 1.54) is 0 Å². The average Bonchev–Trinajstić information content (AvgIpc) is 3.19. The Kier molecular flexibility index (Phi) is 6.67. The highest BCUT2D eigenvalue weighted by atomic mass is 35.5. The summed E-state index contributed by atoms with van der Waals surface area (Å²) in [4.78, 5) is 8.44. The molecule has 0 radical (unpaired) electrons. The van der Waals surface area contributed by atoms with Crippen LogP contribution in [0.3, 0.4) is 0 Å². The highest BCUT2D eigenvalue weighted by Gasteiger charge is 2.16. The highest BCUT2D eigenvalue weighted by molar-refractivity contribution is 7.19. The van der Waals surface area contributed by atoms with E-state index in [4.69, 9.17) is 26.1 Å². The fourth-order valence-corrected chi connectivity index (χ4v) is 4.43. The van der Waals surface area contributed by atoms with Gasteiger partial charge in [-0.05, 0) is 42.0 Å². The van der Waals surface area contributed by atoms with Gasteiger partial charge in [-0.15, -0.1) is 0 Å². The quantitative estimate of drug-likeness (QED) is 0.579. The summed E-state index contributed by atoms with van der Waals surface area (Å²) >= 11 is 7.75. The molecule has 2 heterocycles. The van der Waals surface area contributed by atoms with Gasteiger partial charge in [0, 0.05) is 36.8 Å². The topological polar surface area (TPSA) is 46.6 Å². The molecule has 1 fully saturated rings. The summed E-state index contributed by atoms with van der Waals surface area (Å²) in [6, 6.07) is 15.9. The maximum atomic E-state index is 6.08. The first-order chi connectivity index (χ1) is 14.2. The van der Waals surface area contributed by atoms with Gasteiger partial charge >= 0.3 is 0 Å². The van der Waals surface area contributed by atoms with Crippen molar-refractivity contribution < 1.29 is 9.47 Å². The summed E-state index contributed by atoms with van der Waals surface area (Å²) in [7, 11) is 1.67. The number of thiazole rings is 1.